The molecule has 2 saturated heterocycles. The molecule has 2 fully saturated rings. The van der Waals surface area contributed by atoms with Gasteiger partial charge in [-0.05, 0) is 37.8 Å². The second-order valence-electron chi connectivity index (χ2n) is 6.05. The molecule has 0 aromatic heterocycles. The van der Waals surface area contributed by atoms with Gasteiger partial charge in [-0.2, -0.15) is 4.31 Å². The van der Waals surface area contributed by atoms with E-state index in [1.807, 2.05) is 4.90 Å². The smallest absolute Gasteiger partial charge is 0.243 e. The summed E-state index contributed by atoms with van der Waals surface area (Å²) < 4.78 is 26.8. The van der Waals surface area contributed by atoms with Gasteiger partial charge in [0.15, 0.2) is 0 Å². The first kappa shape index (κ1) is 15.5. The first-order valence-electron chi connectivity index (χ1n) is 7.93. The van der Waals surface area contributed by atoms with E-state index in [-0.39, 0.29) is 11.8 Å². The predicted octanol–water partition coefficient (Wildman–Crippen LogP) is 1.71. The summed E-state index contributed by atoms with van der Waals surface area (Å²) in [6.45, 7) is 2.45. The number of amides is 1. The molecule has 1 aromatic carbocycles. The zero-order chi connectivity index (χ0) is 15.6. The maximum absolute atomic E-state index is 12.7. The molecule has 1 atom stereocenters. The summed E-state index contributed by atoms with van der Waals surface area (Å²) in [4.78, 5) is 14.7. The lowest BCUT2D eigenvalue weighted by atomic mass is 9.98. The molecule has 2 aliphatic heterocycles. The van der Waals surface area contributed by atoms with Gasteiger partial charge in [-0.1, -0.05) is 18.2 Å². The zero-order valence-corrected chi connectivity index (χ0v) is 13.5. The third-order valence-electron chi connectivity index (χ3n) is 4.53. The molecule has 0 bridgehead atoms. The number of hydrogen-bond donors (Lipinski definition) is 0. The van der Waals surface area contributed by atoms with Crippen LogP contribution < -0.4 is 0 Å². The van der Waals surface area contributed by atoms with Gasteiger partial charge in [0.05, 0.1) is 10.8 Å². The molecule has 0 aliphatic carbocycles. The number of likely N-dealkylation sites (tertiary alicyclic amines) is 1. The summed E-state index contributed by atoms with van der Waals surface area (Å²) in [5.41, 5.74) is 0. The minimum Gasteiger partial charge on any atom is -0.342 e. The molecule has 1 amide bonds. The third kappa shape index (κ3) is 3.03. The summed E-state index contributed by atoms with van der Waals surface area (Å²) in [5.74, 6) is -0.0594. The lowest BCUT2D eigenvalue weighted by molar-refractivity contribution is -0.135. The maximum Gasteiger partial charge on any atom is 0.243 e. The predicted molar refractivity (Wildman–Crippen MR) is 83.7 cm³/mol. The Morgan fingerprint density at radius 2 is 1.68 bits per heavy atom. The number of carbonyl (C=O) groups is 1. The second-order valence-corrected chi connectivity index (χ2v) is 7.99. The van der Waals surface area contributed by atoms with Gasteiger partial charge >= 0.3 is 0 Å². The molecule has 2 aliphatic rings. The highest BCUT2D eigenvalue weighted by atomic mass is 32.2. The molecule has 0 N–H and O–H groups in total. The van der Waals surface area contributed by atoms with Crippen LogP contribution in [0, 0.1) is 5.92 Å². The van der Waals surface area contributed by atoms with Crippen LogP contribution in [0.3, 0.4) is 0 Å². The Morgan fingerprint density at radius 1 is 1.00 bits per heavy atom. The van der Waals surface area contributed by atoms with E-state index in [0.717, 1.165) is 38.8 Å². The minimum absolute atomic E-state index is 0.130. The zero-order valence-electron chi connectivity index (χ0n) is 12.6. The Hall–Kier alpha value is -1.40. The van der Waals surface area contributed by atoms with Crippen LogP contribution in [0.1, 0.15) is 25.7 Å². The van der Waals surface area contributed by atoms with E-state index in [4.69, 9.17) is 0 Å². The van der Waals surface area contributed by atoms with Gasteiger partial charge in [0.2, 0.25) is 15.9 Å². The SMILES string of the molecule is O=C([C@@H]1CCCN(S(=O)(=O)c2ccccc2)C1)N1CCCC1. The molecule has 0 saturated carbocycles. The van der Waals surface area contributed by atoms with Gasteiger partial charge in [-0.15, -0.1) is 0 Å². The van der Waals surface area contributed by atoms with Crippen molar-refractivity contribution in [3.8, 4) is 0 Å². The Bertz CT molecular complexity index is 624. The first-order valence-corrected chi connectivity index (χ1v) is 9.37. The van der Waals surface area contributed by atoms with Crippen LogP contribution in [0.15, 0.2) is 35.2 Å². The highest BCUT2D eigenvalue weighted by Crippen LogP contribution is 2.25. The molecule has 0 unspecified atom stereocenters. The molecular formula is C16H22N2O3S. The van der Waals surface area contributed by atoms with E-state index in [0.29, 0.717) is 18.0 Å². The van der Waals surface area contributed by atoms with Crippen LogP contribution in [0.25, 0.3) is 0 Å². The molecule has 120 valence electrons. The van der Waals surface area contributed by atoms with E-state index in [9.17, 15) is 13.2 Å². The van der Waals surface area contributed by atoms with Crippen LogP contribution in [-0.2, 0) is 14.8 Å². The van der Waals surface area contributed by atoms with Crippen molar-refractivity contribution in [2.75, 3.05) is 26.2 Å². The highest BCUT2D eigenvalue weighted by Gasteiger charge is 2.35. The van der Waals surface area contributed by atoms with E-state index in [1.54, 1.807) is 30.3 Å². The van der Waals surface area contributed by atoms with Crippen molar-refractivity contribution in [2.45, 2.75) is 30.6 Å². The first-order chi connectivity index (χ1) is 10.6. The number of hydrogen-bond acceptors (Lipinski definition) is 3. The summed E-state index contributed by atoms with van der Waals surface area (Å²) in [6.07, 6.45) is 3.65. The number of sulfonamides is 1. The van der Waals surface area contributed by atoms with E-state index in [1.165, 1.54) is 4.31 Å². The van der Waals surface area contributed by atoms with Crippen molar-refractivity contribution in [1.82, 2.24) is 9.21 Å². The number of nitrogens with zero attached hydrogens (tertiary/aromatic N) is 2. The molecular weight excluding hydrogens is 300 g/mol. The van der Waals surface area contributed by atoms with Crippen molar-refractivity contribution in [1.29, 1.82) is 0 Å². The topological polar surface area (TPSA) is 57.7 Å². The largest absolute Gasteiger partial charge is 0.342 e. The molecule has 1 aromatic rings. The van der Waals surface area contributed by atoms with E-state index >= 15 is 0 Å². The summed E-state index contributed by atoms with van der Waals surface area (Å²) in [7, 11) is -3.49. The lowest BCUT2D eigenvalue weighted by Gasteiger charge is -2.33. The average Bonchev–Trinajstić information content (AvgIpc) is 3.09. The standard InChI is InChI=1S/C16H22N2O3S/c19-16(17-10-4-5-11-17)14-7-6-12-18(13-14)22(20,21)15-8-2-1-3-9-15/h1-3,8-9,14H,4-7,10-13H2/t14-/m1/s1. The maximum atomic E-state index is 12.7. The number of carbonyl (C=O) groups excluding carboxylic acids is 1. The van der Waals surface area contributed by atoms with Crippen molar-refractivity contribution in [3.05, 3.63) is 30.3 Å². The van der Waals surface area contributed by atoms with Crippen molar-refractivity contribution in [3.63, 3.8) is 0 Å². The molecule has 2 heterocycles. The Labute approximate surface area is 132 Å². The van der Waals surface area contributed by atoms with Gasteiger partial charge in [-0.3, -0.25) is 4.79 Å². The average molecular weight is 322 g/mol. The molecule has 3 rings (SSSR count). The Morgan fingerprint density at radius 3 is 2.36 bits per heavy atom. The fourth-order valence-electron chi connectivity index (χ4n) is 3.30. The van der Waals surface area contributed by atoms with Crippen LogP contribution in [0.5, 0.6) is 0 Å². The Kier molecular flexibility index (Phi) is 4.49. The van der Waals surface area contributed by atoms with E-state index < -0.39 is 10.0 Å². The molecule has 0 spiro atoms. The lowest BCUT2D eigenvalue weighted by Crippen LogP contribution is -2.46. The van der Waals surface area contributed by atoms with Crippen LogP contribution in [0.2, 0.25) is 0 Å². The van der Waals surface area contributed by atoms with Crippen molar-refractivity contribution >= 4 is 15.9 Å². The fraction of sp³-hybridized carbons (Fsp3) is 0.562. The summed E-state index contributed by atoms with van der Waals surface area (Å²) in [5, 5.41) is 0. The monoisotopic (exact) mass is 322 g/mol. The van der Waals surface area contributed by atoms with Crippen molar-refractivity contribution < 1.29 is 13.2 Å². The number of rotatable bonds is 3. The van der Waals surface area contributed by atoms with Gasteiger partial charge in [0.25, 0.3) is 0 Å². The van der Waals surface area contributed by atoms with Crippen molar-refractivity contribution in [2.24, 2.45) is 5.92 Å². The number of piperidine rings is 1. The van der Waals surface area contributed by atoms with Crippen LogP contribution in [-0.4, -0.2) is 49.7 Å². The summed E-state index contributed by atoms with van der Waals surface area (Å²) >= 11 is 0. The van der Waals surface area contributed by atoms with Gasteiger partial charge in [0.1, 0.15) is 0 Å². The normalized spacial score (nSPS) is 23.6. The number of benzene rings is 1. The summed E-state index contributed by atoms with van der Waals surface area (Å²) in [6, 6.07) is 8.48. The van der Waals surface area contributed by atoms with E-state index in [2.05, 4.69) is 0 Å². The molecule has 22 heavy (non-hydrogen) atoms. The molecule has 6 heteroatoms. The van der Waals surface area contributed by atoms with Crippen LogP contribution in [0.4, 0.5) is 0 Å². The highest BCUT2D eigenvalue weighted by molar-refractivity contribution is 7.89. The quantitative estimate of drug-likeness (QED) is 0.851. The minimum atomic E-state index is -3.49. The van der Waals surface area contributed by atoms with Crippen LogP contribution >= 0.6 is 0 Å². The molecule has 0 radical (unpaired) electrons. The molecule has 5 nitrogen and oxygen atoms in total. The Balaban J connectivity index is 1.74. The second kappa shape index (κ2) is 6.38. The third-order valence-corrected chi connectivity index (χ3v) is 6.41. The fourth-order valence-corrected chi connectivity index (χ4v) is 4.84. The van der Waals surface area contributed by atoms with Gasteiger partial charge < -0.3 is 4.90 Å². The van der Waals surface area contributed by atoms with Gasteiger partial charge in [0, 0.05) is 26.2 Å². The van der Waals surface area contributed by atoms with Gasteiger partial charge in [-0.25, -0.2) is 8.42 Å².